The summed E-state index contributed by atoms with van der Waals surface area (Å²) in [7, 11) is 0. The molecule has 4 atom stereocenters. The highest BCUT2D eigenvalue weighted by Crippen LogP contribution is 2.49. The van der Waals surface area contributed by atoms with Crippen molar-refractivity contribution in [3.8, 4) is 5.75 Å². The maximum atomic E-state index is 12.8. The van der Waals surface area contributed by atoms with Gasteiger partial charge in [0.25, 0.3) is 11.8 Å². The minimum absolute atomic E-state index is 0.166. The first kappa shape index (κ1) is 17.2. The lowest BCUT2D eigenvalue weighted by Gasteiger charge is -2.37. The van der Waals surface area contributed by atoms with E-state index in [0.717, 1.165) is 22.3 Å². The lowest BCUT2D eigenvalue weighted by Crippen LogP contribution is -2.38. The van der Waals surface area contributed by atoms with Gasteiger partial charge in [-0.1, -0.05) is 40.7 Å². The molecule has 5 nitrogen and oxygen atoms in total. The summed E-state index contributed by atoms with van der Waals surface area (Å²) >= 11 is 3.42. The molecule has 5 rings (SSSR count). The number of halogens is 1. The standard InChI is InChI=1S/C20H19BrN2O3/c1-2-9-26-16-8-7-15(21)10-14(16)11-22-23-19(24)17-12-3-4-13(6-5-12)18(17)20(23)25/h2-4,7-8,10-13,17-18H,1,5-6,9H2/b22-11-/t12-,13-,17-,18+/m1/s1. The maximum absolute atomic E-state index is 12.8. The van der Waals surface area contributed by atoms with Gasteiger partial charge in [-0.3, -0.25) is 9.59 Å². The number of rotatable bonds is 5. The third-order valence-electron chi connectivity index (χ3n) is 5.38. The summed E-state index contributed by atoms with van der Waals surface area (Å²) in [5, 5.41) is 5.30. The molecule has 1 saturated heterocycles. The van der Waals surface area contributed by atoms with Crippen molar-refractivity contribution in [3.63, 3.8) is 0 Å². The molecule has 3 aliphatic carbocycles. The molecule has 2 bridgehead atoms. The number of hydrogen-bond acceptors (Lipinski definition) is 4. The molecule has 1 saturated carbocycles. The molecule has 1 aliphatic heterocycles. The van der Waals surface area contributed by atoms with E-state index in [0.29, 0.717) is 17.9 Å². The number of amides is 2. The van der Waals surface area contributed by atoms with Gasteiger partial charge in [0.2, 0.25) is 0 Å². The average Bonchev–Trinajstić information content (AvgIpc) is 2.93. The number of carbonyl (C=O) groups is 2. The fraction of sp³-hybridized carbons (Fsp3) is 0.350. The molecule has 0 N–H and O–H groups in total. The average molecular weight is 415 g/mol. The Labute approximate surface area is 160 Å². The van der Waals surface area contributed by atoms with E-state index in [-0.39, 0.29) is 35.5 Å². The fourth-order valence-electron chi connectivity index (χ4n) is 4.19. The number of allylic oxidation sites excluding steroid dienone is 2. The van der Waals surface area contributed by atoms with Crippen LogP contribution in [-0.4, -0.2) is 29.6 Å². The molecule has 1 heterocycles. The van der Waals surface area contributed by atoms with Crippen LogP contribution in [0.25, 0.3) is 0 Å². The molecule has 0 aromatic heterocycles. The minimum atomic E-state index is -0.248. The Morgan fingerprint density at radius 2 is 1.85 bits per heavy atom. The first-order chi connectivity index (χ1) is 12.6. The summed E-state index contributed by atoms with van der Waals surface area (Å²) in [5.41, 5.74) is 0.692. The molecule has 2 amide bonds. The highest BCUT2D eigenvalue weighted by molar-refractivity contribution is 9.10. The zero-order chi connectivity index (χ0) is 18.3. The molecular formula is C20H19BrN2O3. The van der Waals surface area contributed by atoms with Crippen molar-refractivity contribution in [1.29, 1.82) is 0 Å². The van der Waals surface area contributed by atoms with Crippen molar-refractivity contribution in [1.82, 2.24) is 5.01 Å². The first-order valence-corrected chi connectivity index (χ1v) is 9.53. The van der Waals surface area contributed by atoms with Gasteiger partial charge in [0.05, 0.1) is 18.1 Å². The predicted molar refractivity (Wildman–Crippen MR) is 102 cm³/mol. The molecule has 4 aliphatic rings. The zero-order valence-electron chi connectivity index (χ0n) is 14.2. The Balaban J connectivity index is 1.60. The van der Waals surface area contributed by atoms with E-state index in [1.807, 2.05) is 18.2 Å². The minimum Gasteiger partial charge on any atom is -0.489 e. The summed E-state index contributed by atoms with van der Waals surface area (Å²) in [6.45, 7) is 4.01. The van der Waals surface area contributed by atoms with Crippen molar-refractivity contribution in [2.75, 3.05) is 6.61 Å². The van der Waals surface area contributed by atoms with E-state index in [1.165, 1.54) is 6.21 Å². The Morgan fingerprint density at radius 3 is 2.42 bits per heavy atom. The molecule has 0 radical (unpaired) electrons. The van der Waals surface area contributed by atoms with Crippen LogP contribution in [0.3, 0.4) is 0 Å². The number of fused-ring (bicyclic) bond motifs is 1. The summed E-state index contributed by atoms with van der Waals surface area (Å²) in [5.74, 6) is 0.0932. The quantitative estimate of drug-likeness (QED) is 0.420. The van der Waals surface area contributed by atoms with Gasteiger partial charge in [0, 0.05) is 10.0 Å². The van der Waals surface area contributed by atoms with Gasteiger partial charge in [-0.2, -0.15) is 10.1 Å². The normalized spacial score (nSPS) is 29.5. The number of carbonyl (C=O) groups excluding carboxylic acids is 2. The number of hydrazone groups is 1. The Bertz CT molecular complexity index is 800. The van der Waals surface area contributed by atoms with Crippen LogP contribution < -0.4 is 4.74 Å². The largest absolute Gasteiger partial charge is 0.489 e. The van der Waals surface area contributed by atoms with Crippen LogP contribution in [0.2, 0.25) is 0 Å². The van der Waals surface area contributed by atoms with Gasteiger partial charge >= 0.3 is 0 Å². The van der Waals surface area contributed by atoms with Gasteiger partial charge in [-0.25, -0.2) is 0 Å². The highest BCUT2D eigenvalue weighted by atomic mass is 79.9. The van der Waals surface area contributed by atoms with Crippen molar-refractivity contribution in [3.05, 3.63) is 53.0 Å². The van der Waals surface area contributed by atoms with Gasteiger partial charge in [-0.05, 0) is 42.9 Å². The van der Waals surface area contributed by atoms with E-state index in [1.54, 1.807) is 6.08 Å². The second-order valence-corrected chi connectivity index (χ2v) is 7.77. The third-order valence-corrected chi connectivity index (χ3v) is 5.87. The van der Waals surface area contributed by atoms with Gasteiger partial charge < -0.3 is 4.74 Å². The van der Waals surface area contributed by atoms with Gasteiger partial charge in [-0.15, -0.1) is 0 Å². The molecular weight excluding hydrogens is 396 g/mol. The van der Waals surface area contributed by atoms with Gasteiger partial charge in [0.15, 0.2) is 0 Å². The number of nitrogens with zero attached hydrogens (tertiary/aromatic N) is 2. The Hall–Kier alpha value is -2.21. The molecule has 0 unspecified atom stereocenters. The second kappa shape index (κ2) is 6.83. The molecule has 134 valence electrons. The van der Waals surface area contributed by atoms with E-state index in [9.17, 15) is 9.59 Å². The highest BCUT2D eigenvalue weighted by Gasteiger charge is 2.56. The summed E-state index contributed by atoms with van der Waals surface area (Å²) in [4.78, 5) is 25.6. The van der Waals surface area contributed by atoms with Crippen LogP contribution in [0.15, 0.2) is 52.6 Å². The SMILES string of the molecule is C=CCOc1ccc(Br)cc1/C=N\N1C(=O)[C@@H]2[C@H](C1=O)[C@@H]1C=C[C@@H]2CC1. The summed E-state index contributed by atoms with van der Waals surface area (Å²) in [6, 6.07) is 5.51. The van der Waals surface area contributed by atoms with E-state index in [4.69, 9.17) is 4.74 Å². The Kier molecular flexibility index (Phi) is 4.53. The number of benzene rings is 1. The molecule has 26 heavy (non-hydrogen) atoms. The van der Waals surface area contributed by atoms with E-state index >= 15 is 0 Å². The second-order valence-electron chi connectivity index (χ2n) is 6.86. The molecule has 1 aromatic carbocycles. The fourth-order valence-corrected chi connectivity index (χ4v) is 4.57. The van der Waals surface area contributed by atoms with Crippen LogP contribution in [0.5, 0.6) is 5.75 Å². The lowest BCUT2D eigenvalue weighted by atomic mass is 9.63. The van der Waals surface area contributed by atoms with E-state index < -0.39 is 0 Å². The van der Waals surface area contributed by atoms with Crippen LogP contribution in [0.4, 0.5) is 0 Å². The van der Waals surface area contributed by atoms with Crippen LogP contribution in [-0.2, 0) is 9.59 Å². The van der Waals surface area contributed by atoms with Crippen LogP contribution in [0.1, 0.15) is 18.4 Å². The van der Waals surface area contributed by atoms with Crippen molar-refractivity contribution < 1.29 is 14.3 Å². The summed E-state index contributed by atoms with van der Waals surface area (Å²) in [6.07, 6.45) is 9.33. The predicted octanol–water partition coefficient (Wildman–Crippen LogP) is 3.55. The first-order valence-electron chi connectivity index (χ1n) is 8.73. The summed E-state index contributed by atoms with van der Waals surface area (Å²) < 4.78 is 6.48. The van der Waals surface area contributed by atoms with Crippen LogP contribution in [0, 0.1) is 23.7 Å². The number of ether oxygens (including phenoxy) is 1. The zero-order valence-corrected chi connectivity index (χ0v) is 15.8. The van der Waals surface area contributed by atoms with Crippen molar-refractivity contribution in [2.45, 2.75) is 12.8 Å². The molecule has 6 heteroatoms. The Morgan fingerprint density at radius 1 is 1.19 bits per heavy atom. The lowest BCUT2D eigenvalue weighted by molar-refractivity contribution is -0.140. The smallest absolute Gasteiger partial charge is 0.254 e. The van der Waals surface area contributed by atoms with Crippen molar-refractivity contribution in [2.24, 2.45) is 28.8 Å². The monoisotopic (exact) mass is 414 g/mol. The topological polar surface area (TPSA) is 59.0 Å². The number of imide groups is 1. The third kappa shape index (κ3) is 2.82. The number of hydrogen-bond donors (Lipinski definition) is 0. The van der Waals surface area contributed by atoms with Gasteiger partial charge in [0.1, 0.15) is 12.4 Å². The van der Waals surface area contributed by atoms with Crippen molar-refractivity contribution >= 4 is 34.0 Å². The molecule has 1 aromatic rings. The molecule has 2 fully saturated rings. The maximum Gasteiger partial charge on any atom is 0.254 e. The molecule has 0 spiro atoms. The van der Waals surface area contributed by atoms with E-state index in [2.05, 4.69) is 39.8 Å². The van der Waals surface area contributed by atoms with Crippen LogP contribution >= 0.6 is 15.9 Å².